The van der Waals surface area contributed by atoms with Crippen molar-refractivity contribution in [3.63, 3.8) is 0 Å². The van der Waals surface area contributed by atoms with Crippen molar-refractivity contribution < 1.29 is 19.7 Å². The molecule has 1 spiro atoms. The minimum Gasteiger partial charge on any atom is -0.484 e. The van der Waals surface area contributed by atoms with Gasteiger partial charge < -0.3 is 25.2 Å². The Morgan fingerprint density at radius 2 is 2.11 bits per heavy atom. The van der Waals surface area contributed by atoms with E-state index in [4.69, 9.17) is 16.3 Å². The number of nitrogens with one attached hydrogen (secondary N) is 1. The number of piperidine rings is 1. The fourth-order valence-electron chi connectivity index (χ4n) is 4.65. The highest BCUT2D eigenvalue weighted by atomic mass is 35.5. The zero-order valence-corrected chi connectivity index (χ0v) is 19.7. The van der Waals surface area contributed by atoms with Crippen LogP contribution in [0.4, 0.5) is 5.82 Å². The Labute approximate surface area is 207 Å². The van der Waals surface area contributed by atoms with Crippen LogP contribution in [0.15, 0.2) is 54.9 Å². The zero-order valence-electron chi connectivity index (χ0n) is 19.0. The number of fused-ring (bicyclic) bond motifs is 1. The van der Waals surface area contributed by atoms with E-state index in [-0.39, 0.29) is 12.2 Å². The van der Waals surface area contributed by atoms with Gasteiger partial charge in [-0.2, -0.15) is 0 Å². The van der Waals surface area contributed by atoms with E-state index in [0.717, 1.165) is 17.7 Å². The second-order valence-electron chi connectivity index (χ2n) is 8.88. The number of aliphatic hydroxyl groups excluding tert-OH is 2. The van der Waals surface area contributed by atoms with Gasteiger partial charge in [0, 0.05) is 54.6 Å². The van der Waals surface area contributed by atoms with Crippen LogP contribution in [0, 0.1) is 0 Å². The maximum Gasteiger partial charge on any atom is 0.271 e. The fraction of sp³-hybridized carbons (Fsp3) is 0.360. The molecule has 3 N–H and O–H groups in total. The summed E-state index contributed by atoms with van der Waals surface area (Å²) >= 11 is 6.30. The number of carbonyl (C=O) groups is 1. The summed E-state index contributed by atoms with van der Waals surface area (Å²) in [4.78, 5) is 18.3. The SMILES string of the molecule is O=C(NCC(O)c1cccnc1)c1ccc(N2CCC3(CCc4c(Cl)cccc4O3)C(O)C2)nn1. The molecule has 0 saturated carbocycles. The maximum atomic E-state index is 12.4. The van der Waals surface area contributed by atoms with E-state index >= 15 is 0 Å². The predicted molar refractivity (Wildman–Crippen MR) is 130 cm³/mol. The Morgan fingerprint density at radius 3 is 2.86 bits per heavy atom. The van der Waals surface area contributed by atoms with Gasteiger partial charge in [-0.15, -0.1) is 10.2 Å². The molecule has 1 saturated heterocycles. The Hall–Kier alpha value is -3.27. The number of amides is 1. The number of rotatable bonds is 5. The first kappa shape index (κ1) is 23.5. The third-order valence-corrected chi connectivity index (χ3v) is 7.08. The van der Waals surface area contributed by atoms with Crippen molar-refractivity contribution in [3.8, 4) is 5.75 Å². The molecule has 0 aliphatic carbocycles. The van der Waals surface area contributed by atoms with Gasteiger partial charge in [-0.05, 0) is 43.2 Å². The van der Waals surface area contributed by atoms with Gasteiger partial charge in [0.05, 0.1) is 6.10 Å². The van der Waals surface area contributed by atoms with E-state index in [2.05, 4.69) is 20.5 Å². The highest BCUT2D eigenvalue weighted by molar-refractivity contribution is 6.31. The number of ether oxygens (including phenoxy) is 1. The lowest BCUT2D eigenvalue weighted by atomic mass is 9.81. The monoisotopic (exact) mass is 495 g/mol. The highest BCUT2D eigenvalue weighted by Crippen LogP contribution is 2.42. The lowest BCUT2D eigenvalue weighted by molar-refractivity contribution is -0.0785. The summed E-state index contributed by atoms with van der Waals surface area (Å²) in [6, 6.07) is 12.4. The summed E-state index contributed by atoms with van der Waals surface area (Å²) in [5.41, 5.74) is 1.09. The summed E-state index contributed by atoms with van der Waals surface area (Å²) in [6.07, 6.45) is 3.64. The Bertz CT molecular complexity index is 1200. The number of nitrogens with zero attached hydrogens (tertiary/aromatic N) is 4. The first-order valence-corrected chi connectivity index (χ1v) is 11.9. The van der Waals surface area contributed by atoms with Crippen molar-refractivity contribution in [2.24, 2.45) is 0 Å². The van der Waals surface area contributed by atoms with Gasteiger partial charge in [0.2, 0.25) is 0 Å². The first-order chi connectivity index (χ1) is 16.9. The Balaban J connectivity index is 1.19. The van der Waals surface area contributed by atoms with Crippen LogP contribution in [0.5, 0.6) is 5.75 Å². The molecule has 2 aliphatic rings. The molecular weight excluding hydrogens is 470 g/mol. The van der Waals surface area contributed by atoms with Crippen LogP contribution in [0.2, 0.25) is 5.02 Å². The lowest BCUT2D eigenvalue weighted by Crippen LogP contribution is -2.60. The van der Waals surface area contributed by atoms with Crippen molar-refractivity contribution >= 4 is 23.3 Å². The molecule has 9 nitrogen and oxygen atoms in total. The van der Waals surface area contributed by atoms with Gasteiger partial charge >= 0.3 is 0 Å². The quantitative estimate of drug-likeness (QED) is 0.493. The Morgan fingerprint density at radius 1 is 1.23 bits per heavy atom. The van der Waals surface area contributed by atoms with E-state index in [1.165, 1.54) is 0 Å². The molecule has 0 bridgehead atoms. The molecule has 3 unspecified atom stereocenters. The summed E-state index contributed by atoms with van der Waals surface area (Å²) < 4.78 is 6.29. The van der Waals surface area contributed by atoms with E-state index in [1.807, 2.05) is 23.1 Å². The number of pyridine rings is 1. The Kier molecular flexibility index (Phi) is 6.55. The molecule has 1 fully saturated rings. The third kappa shape index (κ3) is 4.80. The average Bonchev–Trinajstić information content (AvgIpc) is 2.89. The van der Waals surface area contributed by atoms with E-state index in [0.29, 0.717) is 42.3 Å². The number of β-amino-alcohol motifs (C(OH)–C–C–N with tert-alkyl or cyclic N) is 1. The van der Waals surface area contributed by atoms with Crippen LogP contribution in [0.3, 0.4) is 0 Å². The second kappa shape index (κ2) is 9.77. The van der Waals surface area contributed by atoms with E-state index in [1.54, 1.807) is 36.7 Å². The van der Waals surface area contributed by atoms with E-state index in [9.17, 15) is 15.0 Å². The molecular formula is C25H26ClN5O4. The van der Waals surface area contributed by atoms with Crippen molar-refractivity contribution in [3.05, 3.63) is 76.7 Å². The van der Waals surface area contributed by atoms with Crippen molar-refractivity contribution in [2.45, 2.75) is 37.1 Å². The first-order valence-electron chi connectivity index (χ1n) is 11.5. The number of halogens is 1. The number of carbonyl (C=O) groups excluding carboxylic acids is 1. The van der Waals surface area contributed by atoms with Gasteiger partial charge in [0.1, 0.15) is 17.5 Å². The molecule has 3 atom stereocenters. The standard InChI is InChI=1S/C25H26ClN5O4/c26-18-4-1-5-21-17(18)8-9-25(35-21)10-12-31(15-22(25)33)23-7-6-19(29-30-23)24(34)28-14-20(32)16-3-2-11-27-13-16/h1-7,11,13,20,22,32-33H,8-10,12,14-15H2,(H,28,34). The van der Waals surface area contributed by atoms with Crippen LogP contribution >= 0.6 is 11.6 Å². The van der Waals surface area contributed by atoms with Gasteiger partial charge in [-0.1, -0.05) is 23.7 Å². The van der Waals surface area contributed by atoms with Gasteiger partial charge in [0.25, 0.3) is 5.91 Å². The van der Waals surface area contributed by atoms with Crippen LogP contribution < -0.4 is 15.0 Å². The highest BCUT2D eigenvalue weighted by Gasteiger charge is 2.47. The topological polar surface area (TPSA) is 121 Å². The van der Waals surface area contributed by atoms with Gasteiger partial charge in [0.15, 0.2) is 11.5 Å². The fourth-order valence-corrected chi connectivity index (χ4v) is 4.91. The molecule has 3 aromatic rings. The van der Waals surface area contributed by atoms with Crippen LogP contribution in [-0.4, -0.2) is 62.6 Å². The largest absolute Gasteiger partial charge is 0.484 e. The van der Waals surface area contributed by atoms with Crippen molar-refractivity contribution in [1.29, 1.82) is 0 Å². The number of aliphatic hydroxyl groups is 2. The summed E-state index contributed by atoms with van der Waals surface area (Å²) in [7, 11) is 0. The minimum absolute atomic E-state index is 0.0305. The summed E-state index contributed by atoms with van der Waals surface area (Å²) in [5, 5.41) is 32.8. The molecule has 2 aromatic heterocycles. The number of benzene rings is 1. The average molecular weight is 496 g/mol. The molecule has 1 aromatic carbocycles. The van der Waals surface area contributed by atoms with Crippen LogP contribution in [0.25, 0.3) is 0 Å². The van der Waals surface area contributed by atoms with Gasteiger partial charge in [-0.3, -0.25) is 9.78 Å². The molecule has 1 amide bonds. The molecule has 182 valence electrons. The molecule has 10 heteroatoms. The molecule has 4 heterocycles. The summed E-state index contributed by atoms with van der Waals surface area (Å²) in [5.74, 6) is 0.878. The van der Waals surface area contributed by atoms with Gasteiger partial charge in [-0.25, -0.2) is 0 Å². The number of aromatic nitrogens is 3. The maximum absolute atomic E-state index is 12.4. The molecule has 35 heavy (non-hydrogen) atoms. The smallest absolute Gasteiger partial charge is 0.271 e. The summed E-state index contributed by atoms with van der Waals surface area (Å²) in [6.45, 7) is 1.00. The van der Waals surface area contributed by atoms with Crippen LogP contribution in [0.1, 0.15) is 40.6 Å². The number of hydrogen-bond donors (Lipinski definition) is 3. The normalized spacial score (nSPS) is 22.3. The molecule has 0 radical (unpaired) electrons. The van der Waals surface area contributed by atoms with Crippen molar-refractivity contribution in [1.82, 2.24) is 20.5 Å². The minimum atomic E-state index is -0.868. The van der Waals surface area contributed by atoms with E-state index < -0.39 is 23.7 Å². The zero-order chi connectivity index (χ0) is 24.4. The third-order valence-electron chi connectivity index (χ3n) is 6.73. The van der Waals surface area contributed by atoms with Crippen LogP contribution in [-0.2, 0) is 6.42 Å². The number of hydrogen-bond acceptors (Lipinski definition) is 8. The van der Waals surface area contributed by atoms with Crippen molar-refractivity contribution in [2.75, 3.05) is 24.5 Å². The molecule has 2 aliphatic heterocycles. The number of anilines is 1. The second-order valence-corrected chi connectivity index (χ2v) is 9.29. The molecule has 5 rings (SSSR count). The predicted octanol–water partition coefficient (Wildman–Crippen LogP) is 2.32. The lowest BCUT2D eigenvalue weighted by Gasteiger charge is -2.48.